The van der Waals surface area contributed by atoms with Crippen LogP contribution in [0.4, 0.5) is 0 Å². The molecule has 0 fully saturated rings. The summed E-state index contributed by atoms with van der Waals surface area (Å²) < 4.78 is 36.6. The summed E-state index contributed by atoms with van der Waals surface area (Å²) >= 11 is 0. The van der Waals surface area contributed by atoms with E-state index < -0.39 is 6.85 Å². The van der Waals surface area contributed by atoms with E-state index in [0.29, 0.717) is 10.9 Å². The third-order valence-corrected chi connectivity index (χ3v) is 10.7. The summed E-state index contributed by atoms with van der Waals surface area (Å²) in [6.45, 7) is 8.95. The van der Waals surface area contributed by atoms with Crippen LogP contribution in [0.25, 0.3) is 82.8 Å². The van der Waals surface area contributed by atoms with Crippen molar-refractivity contribution in [3.8, 4) is 28.2 Å². The molecule has 0 bridgehead atoms. The molecule has 9 rings (SSSR count). The molecule has 0 aliphatic carbocycles. The van der Waals surface area contributed by atoms with Crippen LogP contribution in [0.2, 0.25) is 0 Å². The topological polar surface area (TPSA) is 34.8 Å². The van der Waals surface area contributed by atoms with E-state index in [9.17, 15) is 0 Å². The highest BCUT2D eigenvalue weighted by atomic mass is 16.3. The first-order chi connectivity index (χ1) is 25.9. The van der Waals surface area contributed by atoms with Crippen molar-refractivity contribution in [1.82, 2.24) is 9.55 Å². The SMILES string of the molecule is [2H]C([2H])([2H])c1nc2cc3c(cc2c2ccccc12)oc1c(-c2n(-c4c(C(C)C)cc(-c5ccccc5)cc4C(C)C)c4ccccc4[n+]2C)c(C)ccc13. The van der Waals surface area contributed by atoms with Gasteiger partial charge in [-0.2, -0.15) is 4.57 Å². The van der Waals surface area contributed by atoms with E-state index in [-0.39, 0.29) is 17.5 Å². The zero-order valence-corrected chi connectivity index (χ0v) is 29.9. The van der Waals surface area contributed by atoms with Crippen LogP contribution in [0.5, 0.6) is 0 Å². The highest BCUT2D eigenvalue weighted by Gasteiger charge is 2.34. The lowest BCUT2D eigenvalue weighted by Gasteiger charge is -2.21. The molecule has 3 aromatic heterocycles. The van der Waals surface area contributed by atoms with Crippen molar-refractivity contribution in [3.63, 3.8) is 0 Å². The van der Waals surface area contributed by atoms with Gasteiger partial charge in [-0.1, -0.05) is 107 Å². The molecule has 6 aromatic carbocycles. The fraction of sp³-hybridized carbons (Fsp3) is 0.191. The molecule has 0 radical (unpaired) electrons. The second-order valence-corrected chi connectivity index (χ2v) is 14.5. The summed E-state index contributed by atoms with van der Waals surface area (Å²) in [5, 5.41) is 4.21. The van der Waals surface area contributed by atoms with Crippen molar-refractivity contribution in [2.75, 3.05) is 0 Å². The van der Waals surface area contributed by atoms with Crippen LogP contribution < -0.4 is 4.57 Å². The Balaban J connectivity index is 1.39. The maximum atomic E-state index is 8.28. The van der Waals surface area contributed by atoms with E-state index in [1.807, 2.05) is 36.4 Å². The van der Waals surface area contributed by atoms with Crippen molar-refractivity contribution in [2.45, 2.75) is 53.3 Å². The quantitative estimate of drug-likeness (QED) is 0.135. The van der Waals surface area contributed by atoms with Crippen molar-refractivity contribution >= 4 is 54.6 Å². The van der Waals surface area contributed by atoms with Crippen LogP contribution >= 0.6 is 0 Å². The first-order valence-electron chi connectivity index (χ1n) is 19.3. The summed E-state index contributed by atoms with van der Waals surface area (Å²) in [5.74, 6) is 1.53. The Morgan fingerprint density at radius 2 is 1.37 bits per heavy atom. The van der Waals surface area contributed by atoms with E-state index in [1.165, 1.54) is 27.9 Å². The minimum atomic E-state index is -2.35. The fourth-order valence-electron chi connectivity index (χ4n) is 8.10. The zero-order valence-electron chi connectivity index (χ0n) is 32.9. The molecule has 4 heteroatoms. The number of nitrogens with zero attached hydrogens (tertiary/aromatic N) is 3. The van der Waals surface area contributed by atoms with Gasteiger partial charge >= 0.3 is 0 Å². The van der Waals surface area contributed by atoms with Crippen molar-refractivity contribution in [2.24, 2.45) is 7.05 Å². The molecule has 0 spiro atoms. The van der Waals surface area contributed by atoms with Gasteiger partial charge in [-0.25, -0.2) is 4.57 Å². The van der Waals surface area contributed by atoms with Crippen LogP contribution in [0.1, 0.15) is 66.0 Å². The van der Waals surface area contributed by atoms with Crippen molar-refractivity contribution in [3.05, 3.63) is 138 Å². The molecule has 0 N–H and O–H groups in total. The molecule has 0 atom stereocenters. The third-order valence-electron chi connectivity index (χ3n) is 10.7. The zero-order chi connectivity index (χ0) is 37.6. The van der Waals surface area contributed by atoms with Crippen molar-refractivity contribution in [1.29, 1.82) is 0 Å². The number of fused-ring (bicyclic) bond motifs is 7. The van der Waals surface area contributed by atoms with E-state index in [0.717, 1.165) is 60.7 Å². The number of hydrogen-bond acceptors (Lipinski definition) is 2. The van der Waals surface area contributed by atoms with Gasteiger partial charge in [0, 0.05) is 42.5 Å². The number of aromatic nitrogens is 3. The lowest BCUT2D eigenvalue weighted by molar-refractivity contribution is -0.633. The predicted molar refractivity (Wildman–Crippen MR) is 213 cm³/mol. The lowest BCUT2D eigenvalue weighted by Crippen LogP contribution is -2.30. The molecule has 0 amide bonds. The van der Waals surface area contributed by atoms with Gasteiger partial charge in [0.05, 0.1) is 12.6 Å². The average molecular weight is 668 g/mol. The van der Waals surface area contributed by atoms with Crippen LogP contribution in [-0.2, 0) is 7.05 Å². The Morgan fingerprint density at radius 1 is 0.686 bits per heavy atom. The normalized spacial score (nSPS) is 13.3. The largest absolute Gasteiger partial charge is 0.455 e. The fourth-order valence-corrected chi connectivity index (χ4v) is 8.10. The number of benzene rings is 6. The molecule has 0 aliphatic heterocycles. The highest BCUT2D eigenvalue weighted by Crippen LogP contribution is 2.44. The number of pyridine rings is 1. The third kappa shape index (κ3) is 4.73. The van der Waals surface area contributed by atoms with Gasteiger partial charge in [0.2, 0.25) is 0 Å². The molecule has 4 nitrogen and oxygen atoms in total. The van der Waals surface area contributed by atoms with Gasteiger partial charge in [0.15, 0.2) is 16.6 Å². The molecule has 51 heavy (non-hydrogen) atoms. The second-order valence-electron chi connectivity index (χ2n) is 14.5. The molecule has 0 saturated heterocycles. The first-order valence-corrected chi connectivity index (χ1v) is 17.8. The Morgan fingerprint density at radius 3 is 2.10 bits per heavy atom. The minimum absolute atomic E-state index is 0.117. The molecule has 9 aromatic rings. The molecule has 0 unspecified atom stereocenters. The summed E-state index contributed by atoms with van der Waals surface area (Å²) in [7, 11) is 2.15. The van der Waals surface area contributed by atoms with Gasteiger partial charge in [0.25, 0.3) is 5.82 Å². The van der Waals surface area contributed by atoms with E-state index in [1.54, 1.807) is 0 Å². The minimum Gasteiger partial charge on any atom is -0.455 e. The van der Waals surface area contributed by atoms with Gasteiger partial charge < -0.3 is 4.42 Å². The maximum Gasteiger partial charge on any atom is 0.299 e. The van der Waals surface area contributed by atoms with Crippen LogP contribution in [0, 0.1) is 13.8 Å². The molecular formula is C47H42N3O+. The summed E-state index contributed by atoms with van der Waals surface area (Å²) in [4.78, 5) is 4.77. The Hall–Kier alpha value is -5.74. The summed E-state index contributed by atoms with van der Waals surface area (Å²) in [6.07, 6.45) is 0. The number of furan rings is 1. The first kappa shape index (κ1) is 28.0. The van der Waals surface area contributed by atoms with E-state index >= 15 is 0 Å². The number of para-hydroxylation sites is 2. The number of rotatable bonds is 5. The standard InChI is InChI=1S/C47H42N3O/c1-27(2)36-23-32(31-15-9-8-10-16-31)24-37(28(3)4)45(36)50-42-20-14-13-19-41(42)49(7)47(50)44-29(5)21-22-35-39-25-40-38(26-43(39)51-46(35)44)34-18-12-11-17-33(34)30(6)48-40/h8-28H,1-7H3/q+1/i6D3. The Labute approximate surface area is 302 Å². The van der Waals surface area contributed by atoms with Crippen molar-refractivity contribution < 1.29 is 13.1 Å². The van der Waals surface area contributed by atoms with Gasteiger partial charge in [0.1, 0.15) is 16.8 Å². The lowest BCUT2D eigenvalue weighted by atomic mass is 9.88. The monoisotopic (exact) mass is 667 g/mol. The molecule has 3 heterocycles. The number of imidazole rings is 1. The van der Waals surface area contributed by atoms with Crippen LogP contribution in [-0.4, -0.2) is 9.55 Å². The van der Waals surface area contributed by atoms with E-state index in [4.69, 9.17) is 13.5 Å². The van der Waals surface area contributed by atoms with Gasteiger partial charge in [-0.15, -0.1) is 0 Å². The number of aryl methyl sites for hydroxylation is 3. The Kier molecular flexibility index (Phi) is 6.41. The molecule has 250 valence electrons. The smallest absolute Gasteiger partial charge is 0.299 e. The predicted octanol–water partition coefficient (Wildman–Crippen LogP) is 12.3. The molecule has 0 aliphatic rings. The second kappa shape index (κ2) is 11.7. The van der Waals surface area contributed by atoms with Crippen LogP contribution in [0.3, 0.4) is 0 Å². The highest BCUT2D eigenvalue weighted by molar-refractivity contribution is 6.17. The average Bonchev–Trinajstić information content (AvgIpc) is 3.66. The molecular weight excluding hydrogens is 623 g/mol. The van der Waals surface area contributed by atoms with E-state index in [2.05, 4.69) is 130 Å². The molecule has 0 saturated carbocycles. The van der Waals surface area contributed by atoms with Crippen LogP contribution in [0.15, 0.2) is 120 Å². The van der Waals surface area contributed by atoms with Gasteiger partial charge in [-0.05, 0) is 84.1 Å². The Bertz CT molecular complexity index is 2920. The van der Waals surface area contributed by atoms with Gasteiger partial charge in [-0.3, -0.25) is 4.98 Å². The summed E-state index contributed by atoms with van der Waals surface area (Å²) in [5.41, 5.74) is 12.8. The summed E-state index contributed by atoms with van der Waals surface area (Å²) in [6, 6.07) is 40.0. The number of hydrogen-bond donors (Lipinski definition) is 0. The maximum absolute atomic E-state index is 8.28.